The molecule has 2 aliphatic rings. The lowest BCUT2D eigenvalue weighted by atomic mass is 9.94. The summed E-state index contributed by atoms with van der Waals surface area (Å²) in [5.74, 6) is -0.198. The Balaban J connectivity index is 2.14. The van der Waals surface area contributed by atoms with Crippen molar-refractivity contribution in [3.8, 4) is 0 Å². The van der Waals surface area contributed by atoms with E-state index in [2.05, 4.69) is 17.1 Å². The average Bonchev–Trinajstić information content (AvgIpc) is 2.58. The van der Waals surface area contributed by atoms with E-state index < -0.39 is 14.6 Å². The lowest BCUT2D eigenvalue weighted by Gasteiger charge is -2.45. The molecule has 140 valence electrons. The first-order chi connectivity index (χ1) is 11.4. The molecule has 1 atom stereocenters. The monoisotopic (exact) mass is 361 g/mol. The molecule has 2 fully saturated rings. The molecule has 0 aromatic carbocycles. The molecule has 1 amide bonds. The van der Waals surface area contributed by atoms with Gasteiger partial charge in [0.25, 0.3) is 0 Å². The van der Waals surface area contributed by atoms with Crippen molar-refractivity contribution in [2.24, 2.45) is 0 Å². The van der Waals surface area contributed by atoms with Gasteiger partial charge in [-0.1, -0.05) is 6.92 Å². The number of ether oxygens (including phenoxy) is 1. The van der Waals surface area contributed by atoms with Crippen LogP contribution in [0.25, 0.3) is 0 Å². The van der Waals surface area contributed by atoms with Crippen molar-refractivity contribution in [1.29, 1.82) is 0 Å². The summed E-state index contributed by atoms with van der Waals surface area (Å²) in [6.07, 6.45) is 2.87. The third-order valence-corrected chi connectivity index (χ3v) is 7.46. The summed E-state index contributed by atoms with van der Waals surface area (Å²) in [4.78, 5) is 17.3. The molecule has 2 saturated heterocycles. The van der Waals surface area contributed by atoms with Crippen molar-refractivity contribution >= 4 is 15.7 Å². The summed E-state index contributed by atoms with van der Waals surface area (Å²) in [6, 6.07) is 0.260. The molecule has 0 aromatic heterocycles. The lowest BCUT2D eigenvalue weighted by molar-refractivity contribution is -0.138. The number of methoxy groups -OCH3 is 1. The van der Waals surface area contributed by atoms with Crippen LogP contribution in [0.5, 0.6) is 0 Å². The second-order valence-electron chi connectivity index (χ2n) is 6.86. The third-order valence-electron chi connectivity index (χ3n) is 5.46. The van der Waals surface area contributed by atoms with Crippen LogP contribution in [0.1, 0.15) is 26.2 Å². The number of sulfone groups is 1. The molecule has 0 aliphatic carbocycles. The maximum absolute atomic E-state index is 13.2. The minimum absolute atomic E-state index is 0.198. The average molecular weight is 362 g/mol. The normalized spacial score (nSPS) is 25.6. The summed E-state index contributed by atoms with van der Waals surface area (Å²) >= 11 is 0. The summed E-state index contributed by atoms with van der Waals surface area (Å²) in [5, 5.41) is 3.16. The molecule has 8 heteroatoms. The number of piperazine rings is 1. The van der Waals surface area contributed by atoms with E-state index in [1.165, 1.54) is 6.26 Å². The van der Waals surface area contributed by atoms with E-state index in [-0.39, 0.29) is 11.9 Å². The van der Waals surface area contributed by atoms with E-state index in [4.69, 9.17) is 4.74 Å². The largest absolute Gasteiger partial charge is 0.383 e. The van der Waals surface area contributed by atoms with Gasteiger partial charge >= 0.3 is 0 Å². The Hall–Kier alpha value is -0.700. The van der Waals surface area contributed by atoms with Gasteiger partial charge in [-0.2, -0.15) is 0 Å². The van der Waals surface area contributed by atoms with Gasteiger partial charge in [-0.15, -0.1) is 0 Å². The highest BCUT2D eigenvalue weighted by molar-refractivity contribution is 7.92. The molecule has 1 N–H and O–H groups in total. The van der Waals surface area contributed by atoms with Gasteiger partial charge in [0.1, 0.15) is 0 Å². The smallest absolute Gasteiger partial charge is 0.244 e. The molecule has 0 aromatic rings. The molecule has 0 radical (unpaired) electrons. The zero-order chi connectivity index (χ0) is 17.8. The summed E-state index contributed by atoms with van der Waals surface area (Å²) in [5.41, 5.74) is 0. The van der Waals surface area contributed by atoms with Crippen molar-refractivity contribution in [1.82, 2.24) is 15.1 Å². The first-order valence-corrected chi connectivity index (χ1v) is 10.7. The SMILES string of the molecule is CCC1CN(C(=O)C2(S(C)(=O)=O)CCNCC2)CCN1CCOC. The van der Waals surface area contributed by atoms with E-state index >= 15 is 0 Å². The zero-order valence-corrected chi connectivity index (χ0v) is 15.9. The topological polar surface area (TPSA) is 79.0 Å². The van der Waals surface area contributed by atoms with E-state index in [0.29, 0.717) is 45.6 Å². The molecule has 2 rings (SSSR count). The van der Waals surface area contributed by atoms with Gasteiger partial charge in [0.15, 0.2) is 14.6 Å². The first-order valence-electron chi connectivity index (χ1n) is 8.78. The van der Waals surface area contributed by atoms with Crippen LogP contribution < -0.4 is 5.32 Å². The van der Waals surface area contributed by atoms with E-state index in [9.17, 15) is 13.2 Å². The van der Waals surface area contributed by atoms with Crippen LogP contribution in [0.3, 0.4) is 0 Å². The van der Waals surface area contributed by atoms with E-state index in [1.54, 1.807) is 12.0 Å². The highest BCUT2D eigenvalue weighted by Gasteiger charge is 2.51. The maximum atomic E-state index is 13.2. The van der Waals surface area contributed by atoms with Crippen LogP contribution >= 0.6 is 0 Å². The molecule has 24 heavy (non-hydrogen) atoms. The minimum Gasteiger partial charge on any atom is -0.383 e. The fourth-order valence-corrected chi connectivity index (χ4v) is 5.22. The Morgan fingerprint density at radius 3 is 2.50 bits per heavy atom. The Kier molecular flexibility index (Phi) is 6.64. The number of nitrogens with zero attached hydrogens (tertiary/aromatic N) is 2. The molecule has 2 heterocycles. The van der Waals surface area contributed by atoms with Gasteiger partial charge in [0.2, 0.25) is 5.91 Å². The second kappa shape index (κ2) is 8.12. The number of nitrogens with one attached hydrogen (secondary N) is 1. The number of amides is 1. The zero-order valence-electron chi connectivity index (χ0n) is 15.1. The number of rotatable bonds is 6. The van der Waals surface area contributed by atoms with E-state index in [1.807, 2.05) is 0 Å². The van der Waals surface area contributed by atoms with Gasteiger partial charge < -0.3 is 15.0 Å². The van der Waals surface area contributed by atoms with Crippen molar-refractivity contribution in [3.63, 3.8) is 0 Å². The Bertz CT molecular complexity index is 531. The standard InChI is InChI=1S/C16H31N3O4S/c1-4-14-13-19(10-9-18(14)11-12-23-2)15(20)16(24(3,21)22)5-7-17-8-6-16/h14,17H,4-13H2,1-3H3. The molecule has 1 unspecified atom stereocenters. The highest BCUT2D eigenvalue weighted by Crippen LogP contribution is 2.31. The van der Waals surface area contributed by atoms with Gasteiger partial charge in [0.05, 0.1) is 6.61 Å². The van der Waals surface area contributed by atoms with Crippen LogP contribution in [0.2, 0.25) is 0 Å². The van der Waals surface area contributed by atoms with E-state index in [0.717, 1.165) is 19.5 Å². The molecule has 0 saturated carbocycles. The number of hydrogen-bond acceptors (Lipinski definition) is 6. The molecule has 0 bridgehead atoms. The number of hydrogen-bond donors (Lipinski definition) is 1. The van der Waals surface area contributed by atoms with Crippen LogP contribution in [0, 0.1) is 0 Å². The Morgan fingerprint density at radius 2 is 1.96 bits per heavy atom. The van der Waals surface area contributed by atoms with Crippen molar-refractivity contribution in [2.75, 3.05) is 59.2 Å². The van der Waals surface area contributed by atoms with Gasteiger partial charge in [0, 0.05) is 45.6 Å². The molecule has 2 aliphatic heterocycles. The predicted molar refractivity (Wildman–Crippen MR) is 93.8 cm³/mol. The van der Waals surface area contributed by atoms with Gasteiger partial charge in [-0.05, 0) is 32.4 Å². The van der Waals surface area contributed by atoms with Crippen LogP contribution in [0.4, 0.5) is 0 Å². The fourth-order valence-electron chi connectivity index (χ4n) is 3.83. The van der Waals surface area contributed by atoms with Crippen LogP contribution in [-0.4, -0.2) is 94.2 Å². The van der Waals surface area contributed by atoms with Crippen molar-refractivity contribution < 1.29 is 17.9 Å². The molecular formula is C16H31N3O4S. The molecular weight excluding hydrogens is 330 g/mol. The lowest BCUT2D eigenvalue weighted by Crippen LogP contribution is -2.63. The summed E-state index contributed by atoms with van der Waals surface area (Å²) in [7, 11) is -1.76. The quantitative estimate of drug-likeness (QED) is 0.701. The fraction of sp³-hybridized carbons (Fsp3) is 0.938. The first kappa shape index (κ1) is 19.6. The number of piperidine rings is 1. The van der Waals surface area contributed by atoms with Crippen molar-refractivity contribution in [3.05, 3.63) is 0 Å². The van der Waals surface area contributed by atoms with Crippen LogP contribution in [0.15, 0.2) is 0 Å². The van der Waals surface area contributed by atoms with Crippen LogP contribution in [-0.2, 0) is 19.4 Å². The minimum atomic E-state index is -3.45. The number of carbonyl (C=O) groups excluding carboxylic acids is 1. The highest BCUT2D eigenvalue weighted by atomic mass is 32.2. The van der Waals surface area contributed by atoms with Gasteiger partial charge in [-0.25, -0.2) is 8.42 Å². The second-order valence-corrected chi connectivity index (χ2v) is 9.18. The Labute approximate surface area is 145 Å². The van der Waals surface area contributed by atoms with Gasteiger partial charge in [-0.3, -0.25) is 9.69 Å². The molecule has 0 spiro atoms. The Morgan fingerprint density at radius 1 is 1.29 bits per heavy atom. The molecule has 7 nitrogen and oxygen atoms in total. The maximum Gasteiger partial charge on any atom is 0.244 e. The number of carbonyl (C=O) groups is 1. The third kappa shape index (κ3) is 3.92. The predicted octanol–water partition coefficient (Wildman–Crippen LogP) is -0.278. The summed E-state index contributed by atoms with van der Waals surface area (Å²) < 4.78 is 28.8. The summed E-state index contributed by atoms with van der Waals surface area (Å²) in [6.45, 7) is 6.73. The van der Waals surface area contributed by atoms with Crippen molar-refractivity contribution in [2.45, 2.75) is 37.0 Å².